The van der Waals surface area contributed by atoms with Gasteiger partial charge < -0.3 is 15.7 Å². The molecule has 2 aromatic carbocycles. The van der Waals surface area contributed by atoms with Gasteiger partial charge in [0.05, 0.1) is 11.3 Å². The van der Waals surface area contributed by atoms with Crippen LogP contribution in [0.5, 0.6) is 0 Å². The van der Waals surface area contributed by atoms with Gasteiger partial charge in [0.25, 0.3) is 0 Å². The third-order valence-corrected chi connectivity index (χ3v) is 3.81. The highest BCUT2D eigenvalue weighted by atomic mass is 16.4. The van der Waals surface area contributed by atoms with Crippen LogP contribution in [0, 0.1) is 6.92 Å². The van der Waals surface area contributed by atoms with E-state index in [-0.39, 0.29) is 5.56 Å². The van der Waals surface area contributed by atoms with Crippen LogP contribution in [-0.4, -0.2) is 21.0 Å². The van der Waals surface area contributed by atoms with Crippen molar-refractivity contribution in [2.24, 2.45) is 0 Å². The van der Waals surface area contributed by atoms with Crippen LogP contribution in [0.4, 0.5) is 17.3 Å². The lowest BCUT2D eigenvalue weighted by molar-refractivity contribution is 0.0698. The van der Waals surface area contributed by atoms with Crippen molar-refractivity contribution in [3.8, 4) is 0 Å². The van der Waals surface area contributed by atoms with Crippen LogP contribution in [0.2, 0.25) is 0 Å². The number of hydrogen-bond acceptors (Lipinski definition) is 5. The van der Waals surface area contributed by atoms with Crippen molar-refractivity contribution < 1.29 is 9.90 Å². The quantitative estimate of drug-likeness (QED) is 0.635. The number of hydrogen-bond donors (Lipinski definition) is 3. The van der Waals surface area contributed by atoms with E-state index in [9.17, 15) is 9.90 Å². The van der Waals surface area contributed by atoms with Gasteiger partial charge in [0, 0.05) is 12.6 Å². The summed E-state index contributed by atoms with van der Waals surface area (Å²) in [5.41, 5.74) is 3.07. The number of rotatable bonds is 6. The molecule has 3 aromatic rings. The van der Waals surface area contributed by atoms with Crippen LogP contribution in [0.25, 0.3) is 0 Å². The lowest BCUT2D eigenvalue weighted by Crippen LogP contribution is -2.06. The van der Waals surface area contributed by atoms with Crippen LogP contribution in [0.3, 0.4) is 0 Å². The number of benzene rings is 2. The molecule has 0 saturated heterocycles. The first-order valence-electron chi connectivity index (χ1n) is 7.83. The van der Waals surface area contributed by atoms with Crippen molar-refractivity contribution in [3.05, 3.63) is 77.6 Å². The summed E-state index contributed by atoms with van der Waals surface area (Å²) in [4.78, 5) is 19.6. The number of aromatic carboxylic acids is 1. The molecule has 3 rings (SSSR count). The second-order valence-corrected chi connectivity index (χ2v) is 5.54. The van der Waals surface area contributed by atoms with Gasteiger partial charge in [-0.2, -0.15) is 0 Å². The minimum Gasteiger partial charge on any atom is -0.478 e. The molecule has 1 heterocycles. The van der Waals surface area contributed by atoms with E-state index in [0.717, 1.165) is 0 Å². The van der Waals surface area contributed by atoms with Crippen LogP contribution >= 0.6 is 0 Å². The van der Waals surface area contributed by atoms with E-state index < -0.39 is 5.97 Å². The Morgan fingerprint density at radius 1 is 1.04 bits per heavy atom. The van der Waals surface area contributed by atoms with E-state index in [2.05, 4.69) is 39.7 Å². The Hall–Kier alpha value is -3.41. The van der Waals surface area contributed by atoms with Crippen molar-refractivity contribution in [1.29, 1.82) is 0 Å². The molecule has 0 amide bonds. The number of carbonyl (C=O) groups is 1. The molecule has 126 valence electrons. The van der Waals surface area contributed by atoms with Crippen molar-refractivity contribution in [1.82, 2.24) is 9.97 Å². The lowest BCUT2D eigenvalue weighted by Gasteiger charge is -2.11. The molecule has 0 spiro atoms. The molecule has 25 heavy (non-hydrogen) atoms. The van der Waals surface area contributed by atoms with Gasteiger partial charge in [0.15, 0.2) is 0 Å². The molecule has 0 atom stereocenters. The monoisotopic (exact) mass is 334 g/mol. The number of nitrogens with one attached hydrogen (secondary N) is 2. The highest BCUT2D eigenvalue weighted by molar-refractivity contribution is 5.95. The molecule has 0 aliphatic rings. The molecular weight excluding hydrogens is 316 g/mol. The molecular formula is C19H18N4O2. The minimum atomic E-state index is -0.991. The fourth-order valence-corrected chi connectivity index (χ4v) is 2.43. The van der Waals surface area contributed by atoms with Gasteiger partial charge >= 0.3 is 5.97 Å². The molecule has 0 aliphatic heterocycles. The van der Waals surface area contributed by atoms with E-state index in [1.54, 1.807) is 30.3 Å². The number of carboxylic acid groups (broad SMARTS) is 1. The van der Waals surface area contributed by atoms with E-state index in [1.807, 2.05) is 12.1 Å². The zero-order valence-electron chi connectivity index (χ0n) is 13.7. The minimum absolute atomic E-state index is 0.190. The van der Waals surface area contributed by atoms with Crippen molar-refractivity contribution in [2.75, 3.05) is 10.6 Å². The molecule has 0 fully saturated rings. The van der Waals surface area contributed by atoms with Crippen LogP contribution in [-0.2, 0) is 6.54 Å². The zero-order chi connectivity index (χ0) is 17.6. The van der Waals surface area contributed by atoms with E-state index in [4.69, 9.17) is 0 Å². The second kappa shape index (κ2) is 7.44. The van der Waals surface area contributed by atoms with Gasteiger partial charge in [-0.15, -0.1) is 0 Å². The number of anilines is 3. The molecule has 0 aliphatic carbocycles. The number of nitrogens with zero attached hydrogens (tertiary/aromatic N) is 2. The van der Waals surface area contributed by atoms with Crippen LogP contribution in [0.1, 0.15) is 21.5 Å². The zero-order valence-corrected chi connectivity index (χ0v) is 13.7. The predicted octanol–water partition coefficient (Wildman–Crippen LogP) is 3.84. The maximum atomic E-state index is 11.3. The molecule has 0 bridgehead atoms. The smallest absolute Gasteiger partial charge is 0.337 e. The maximum Gasteiger partial charge on any atom is 0.337 e. The first kappa shape index (κ1) is 16.4. The summed E-state index contributed by atoms with van der Waals surface area (Å²) < 4.78 is 0. The maximum absolute atomic E-state index is 11.3. The molecule has 3 N–H and O–H groups in total. The Labute approximate surface area is 145 Å². The molecule has 0 unspecified atom stereocenters. The molecule has 1 aromatic heterocycles. The van der Waals surface area contributed by atoms with Crippen molar-refractivity contribution >= 4 is 23.3 Å². The standard InChI is InChI=1S/C19H18N4O2/c1-13-6-2-3-7-14(13)11-20-17-10-18(22-12-21-17)23-16-9-5-4-8-15(16)19(24)25/h2-10,12H,11H2,1H3,(H,24,25)(H2,20,21,22,23). The lowest BCUT2D eigenvalue weighted by atomic mass is 10.1. The summed E-state index contributed by atoms with van der Waals surface area (Å²) in [6.45, 7) is 2.71. The second-order valence-electron chi connectivity index (χ2n) is 5.54. The fraction of sp³-hybridized carbons (Fsp3) is 0.105. The third-order valence-electron chi connectivity index (χ3n) is 3.81. The average Bonchev–Trinajstić information content (AvgIpc) is 2.62. The van der Waals surface area contributed by atoms with Crippen LogP contribution in [0.15, 0.2) is 60.9 Å². The SMILES string of the molecule is Cc1ccccc1CNc1cc(Nc2ccccc2C(=O)O)ncn1. The highest BCUT2D eigenvalue weighted by Crippen LogP contribution is 2.21. The molecule has 0 radical (unpaired) electrons. The number of aryl methyl sites for hydroxylation is 1. The van der Waals surface area contributed by atoms with Gasteiger partial charge in [-0.1, -0.05) is 36.4 Å². The van der Waals surface area contributed by atoms with E-state index in [0.29, 0.717) is 23.9 Å². The summed E-state index contributed by atoms with van der Waals surface area (Å²) in [7, 11) is 0. The highest BCUT2D eigenvalue weighted by Gasteiger charge is 2.10. The predicted molar refractivity (Wildman–Crippen MR) is 97.2 cm³/mol. The first-order chi connectivity index (χ1) is 12.1. The molecule has 6 nitrogen and oxygen atoms in total. The summed E-state index contributed by atoms with van der Waals surface area (Å²) in [6.07, 6.45) is 1.44. The van der Waals surface area contributed by atoms with Gasteiger partial charge in [0.1, 0.15) is 18.0 Å². The van der Waals surface area contributed by atoms with Gasteiger partial charge in [-0.3, -0.25) is 0 Å². The summed E-state index contributed by atoms with van der Waals surface area (Å²) in [6, 6.07) is 16.6. The number of carboxylic acids is 1. The summed E-state index contributed by atoms with van der Waals surface area (Å²) >= 11 is 0. The van der Waals surface area contributed by atoms with Gasteiger partial charge in [0.2, 0.25) is 0 Å². The Morgan fingerprint density at radius 3 is 2.56 bits per heavy atom. The summed E-state index contributed by atoms with van der Waals surface area (Å²) in [5.74, 6) is 0.194. The largest absolute Gasteiger partial charge is 0.478 e. The Balaban J connectivity index is 1.74. The van der Waals surface area contributed by atoms with Crippen molar-refractivity contribution in [3.63, 3.8) is 0 Å². The molecule has 0 saturated carbocycles. The van der Waals surface area contributed by atoms with E-state index in [1.165, 1.54) is 17.5 Å². The topological polar surface area (TPSA) is 87.1 Å². The average molecular weight is 334 g/mol. The number of aromatic nitrogens is 2. The Morgan fingerprint density at radius 2 is 1.76 bits per heavy atom. The van der Waals surface area contributed by atoms with Gasteiger partial charge in [-0.05, 0) is 30.2 Å². The number of para-hydroxylation sites is 1. The Bertz CT molecular complexity index is 896. The fourth-order valence-electron chi connectivity index (χ4n) is 2.43. The summed E-state index contributed by atoms with van der Waals surface area (Å²) in [5, 5.41) is 15.5. The normalized spacial score (nSPS) is 10.3. The van der Waals surface area contributed by atoms with E-state index >= 15 is 0 Å². The van der Waals surface area contributed by atoms with Crippen LogP contribution < -0.4 is 10.6 Å². The molecule has 6 heteroatoms. The Kier molecular flexibility index (Phi) is 4.89. The van der Waals surface area contributed by atoms with Gasteiger partial charge in [-0.25, -0.2) is 14.8 Å². The third kappa shape index (κ3) is 4.11. The first-order valence-corrected chi connectivity index (χ1v) is 7.83. The van der Waals surface area contributed by atoms with Crippen molar-refractivity contribution in [2.45, 2.75) is 13.5 Å².